The third-order valence-electron chi connectivity index (χ3n) is 4.99. The van der Waals surface area contributed by atoms with E-state index in [1.807, 2.05) is 31.2 Å². The number of para-hydroxylation sites is 2. The molecule has 0 saturated heterocycles. The first-order chi connectivity index (χ1) is 14.1. The van der Waals surface area contributed by atoms with Crippen LogP contribution in [0.1, 0.15) is 42.3 Å². The lowest BCUT2D eigenvalue weighted by atomic mass is 10.0. The molecule has 0 aliphatic rings. The number of anilines is 1. The SMILES string of the molecule is CCCc1ccc([C@@H]([NH2+][C@@H](C)C(=O)Nc2ccccc2OC)c2cccs2)cc1. The number of amides is 1. The quantitative estimate of drug-likeness (QED) is 0.551. The zero-order chi connectivity index (χ0) is 20.6. The monoisotopic (exact) mass is 409 g/mol. The second-order valence-electron chi connectivity index (χ2n) is 7.16. The van der Waals surface area contributed by atoms with Gasteiger partial charge in [0.05, 0.1) is 17.7 Å². The lowest BCUT2D eigenvalue weighted by Crippen LogP contribution is -2.92. The highest BCUT2D eigenvalue weighted by atomic mass is 32.1. The highest BCUT2D eigenvalue weighted by Gasteiger charge is 2.26. The third kappa shape index (κ3) is 5.46. The highest BCUT2D eigenvalue weighted by molar-refractivity contribution is 7.10. The third-order valence-corrected chi connectivity index (χ3v) is 5.94. The van der Waals surface area contributed by atoms with Gasteiger partial charge in [-0.3, -0.25) is 4.79 Å². The standard InChI is InChI=1S/C24H28N2O2S/c1-4-8-18-12-14-19(15-13-18)23(22-11-7-16-29-22)25-17(2)24(27)26-20-9-5-6-10-21(20)28-3/h5-7,9-17,23,25H,4,8H2,1-3H3,(H,26,27)/p+1/t17-,23+/m0/s1. The fourth-order valence-corrected chi connectivity index (χ4v) is 4.22. The summed E-state index contributed by atoms with van der Waals surface area (Å²) in [6, 6.07) is 20.3. The van der Waals surface area contributed by atoms with Gasteiger partial charge in [0, 0.05) is 5.56 Å². The van der Waals surface area contributed by atoms with E-state index in [2.05, 4.69) is 59.3 Å². The molecule has 3 aromatic rings. The smallest absolute Gasteiger partial charge is 0.282 e. The van der Waals surface area contributed by atoms with Gasteiger partial charge < -0.3 is 15.4 Å². The minimum Gasteiger partial charge on any atom is -0.495 e. The molecule has 1 amide bonds. The molecular formula is C24H29N2O2S+. The molecule has 0 fully saturated rings. The topological polar surface area (TPSA) is 54.9 Å². The van der Waals surface area contributed by atoms with E-state index in [4.69, 9.17) is 4.74 Å². The molecule has 1 aromatic heterocycles. The first kappa shape index (κ1) is 21.1. The Morgan fingerprint density at radius 1 is 1.10 bits per heavy atom. The van der Waals surface area contributed by atoms with Crippen molar-refractivity contribution in [3.63, 3.8) is 0 Å². The van der Waals surface area contributed by atoms with Gasteiger partial charge in [-0.15, -0.1) is 11.3 Å². The summed E-state index contributed by atoms with van der Waals surface area (Å²) in [4.78, 5) is 14.1. The molecule has 5 heteroatoms. The number of nitrogens with one attached hydrogen (secondary N) is 1. The van der Waals surface area contributed by atoms with Crippen LogP contribution in [-0.4, -0.2) is 19.1 Å². The van der Waals surface area contributed by atoms with Crippen molar-refractivity contribution in [1.82, 2.24) is 0 Å². The van der Waals surface area contributed by atoms with E-state index in [-0.39, 0.29) is 18.0 Å². The first-order valence-electron chi connectivity index (χ1n) is 10.0. The molecule has 0 aliphatic carbocycles. The minimum absolute atomic E-state index is 0.0429. The molecule has 0 bridgehead atoms. The second kappa shape index (κ2) is 10.2. The Kier molecular flexibility index (Phi) is 7.44. The molecule has 2 aromatic carbocycles. The molecule has 29 heavy (non-hydrogen) atoms. The number of carbonyl (C=O) groups excluding carboxylic acids is 1. The number of thiophene rings is 1. The molecule has 0 unspecified atom stereocenters. The summed E-state index contributed by atoms with van der Waals surface area (Å²) in [5.74, 6) is 0.619. The van der Waals surface area contributed by atoms with Crippen LogP contribution in [0.15, 0.2) is 66.0 Å². The Morgan fingerprint density at radius 3 is 2.52 bits per heavy atom. The van der Waals surface area contributed by atoms with E-state index in [1.165, 1.54) is 16.0 Å². The van der Waals surface area contributed by atoms with Crippen molar-refractivity contribution in [3.05, 3.63) is 82.0 Å². The van der Waals surface area contributed by atoms with Crippen LogP contribution in [0.25, 0.3) is 0 Å². The van der Waals surface area contributed by atoms with Crippen molar-refractivity contribution in [1.29, 1.82) is 0 Å². The Hall–Kier alpha value is -2.63. The van der Waals surface area contributed by atoms with Crippen molar-refractivity contribution in [2.75, 3.05) is 12.4 Å². The van der Waals surface area contributed by atoms with Crippen LogP contribution >= 0.6 is 11.3 Å². The molecule has 0 saturated carbocycles. The Bertz CT molecular complexity index is 907. The number of rotatable bonds is 9. The molecule has 3 rings (SSSR count). The van der Waals surface area contributed by atoms with E-state index in [9.17, 15) is 4.79 Å². The van der Waals surface area contributed by atoms with E-state index < -0.39 is 0 Å². The number of methoxy groups -OCH3 is 1. The van der Waals surface area contributed by atoms with Crippen molar-refractivity contribution < 1.29 is 14.8 Å². The number of nitrogens with two attached hydrogens (primary N) is 1. The number of hydrogen-bond donors (Lipinski definition) is 2. The summed E-state index contributed by atoms with van der Waals surface area (Å²) in [7, 11) is 1.61. The Labute approximate surface area is 176 Å². The molecule has 3 N–H and O–H groups in total. The number of carbonyl (C=O) groups is 1. The normalized spacial score (nSPS) is 12.9. The molecule has 152 valence electrons. The van der Waals surface area contributed by atoms with E-state index >= 15 is 0 Å². The number of quaternary nitrogens is 1. The van der Waals surface area contributed by atoms with Gasteiger partial charge in [-0.05, 0) is 42.5 Å². The van der Waals surface area contributed by atoms with Gasteiger partial charge in [0.15, 0.2) is 6.04 Å². The minimum atomic E-state index is -0.262. The van der Waals surface area contributed by atoms with Gasteiger partial charge in [-0.25, -0.2) is 0 Å². The maximum atomic E-state index is 12.9. The predicted octanol–water partition coefficient (Wildman–Crippen LogP) is 4.39. The van der Waals surface area contributed by atoms with E-state index in [1.54, 1.807) is 18.4 Å². The molecule has 0 spiro atoms. The second-order valence-corrected chi connectivity index (χ2v) is 8.13. The van der Waals surface area contributed by atoms with Crippen LogP contribution in [0.5, 0.6) is 5.75 Å². The summed E-state index contributed by atoms with van der Waals surface area (Å²) in [5, 5.41) is 7.21. The summed E-state index contributed by atoms with van der Waals surface area (Å²) in [6.45, 7) is 4.13. The van der Waals surface area contributed by atoms with Crippen LogP contribution in [0.2, 0.25) is 0 Å². The molecule has 4 nitrogen and oxygen atoms in total. The summed E-state index contributed by atoms with van der Waals surface area (Å²) >= 11 is 1.72. The lowest BCUT2D eigenvalue weighted by Gasteiger charge is -2.20. The average molecular weight is 410 g/mol. The Morgan fingerprint density at radius 2 is 1.86 bits per heavy atom. The number of aryl methyl sites for hydroxylation is 1. The maximum absolute atomic E-state index is 12.9. The number of benzene rings is 2. The first-order valence-corrected chi connectivity index (χ1v) is 10.9. The maximum Gasteiger partial charge on any atom is 0.282 e. The predicted molar refractivity (Wildman–Crippen MR) is 120 cm³/mol. The summed E-state index contributed by atoms with van der Waals surface area (Å²) in [5.41, 5.74) is 3.25. The van der Waals surface area contributed by atoms with Gasteiger partial charge in [0.1, 0.15) is 11.8 Å². The largest absolute Gasteiger partial charge is 0.495 e. The molecule has 1 heterocycles. The lowest BCUT2D eigenvalue weighted by molar-refractivity contribution is -0.703. The van der Waals surface area contributed by atoms with Crippen LogP contribution in [0.3, 0.4) is 0 Å². The Balaban J connectivity index is 1.76. The van der Waals surface area contributed by atoms with Gasteiger partial charge in [0.25, 0.3) is 5.91 Å². The van der Waals surface area contributed by atoms with Gasteiger partial charge in [-0.2, -0.15) is 0 Å². The van der Waals surface area contributed by atoms with Crippen molar-refractivity contribution in [2.45, 2.75) is 38.8 Å². The van der Waals surface area contributed by atoms with Crippen molar-refractivity contribution in [2.24, 2.45) is 0 Å². The summed E-state index contributed by atoms with van der Waals surface area (Å²) < 4.78 is 5.34. The zero-order valence-corrected chi connectivity index (χ0v) is 18.0. The highest BCUT2D eigenvalue weighted by Crippen LogP contribution is 2.25. The molecule has 2 atom stereocenters. The average Bonchev–Trinajstić information content (AvgIpc) is 3.27. The number of ether oxygens (including phenoxy) is 1. The molecular weight excluding hydrogens is 380 g/mol. The van der Waals surface area contributed by atoms with E-state index in [0.717, 1.165) is 12.8 Å². The van der Waals surface area contributed by atoms with Gasteiger partial charge in [-0.1, -0.05) is 55.8 Å². The fourth-order valence-electron chi connectivity index (χ4n) is 3.39. The van der Waals surface area contributed by atoms with Crippen LogP contribution in [-0.2, 0) is 11.2 Å². The van der Waals surface area contributed by atoms with Crippen LogP contribution in [0, 0.1) is 0 Å². The van der Waals surface area contributed by atoms with Crippen molar-refractivity contribution in [3.8, 4) is 5.75 Å². The van der Waals surface area contributed by atoms with E-state index in [0.29, 0.717) is 11.4 Å². The van der Waals surface area contributed by atoms with Crippen LogP contribution in [0.4, 0.5) is 5.69 Å². The molecule has 0 radical (unpaired) electrons. The number of hydrogen-bond acceptors (Lipinski definition) is 3. The van der Waals surface area contributed by atoms with Gasteiger partial charge >= 0.3 is 0 Å². The van der Waals surface area contributed by atoms with Crippen LogP contribution < -0.4 is 15.4 Å². The van der Waals surface area contributed by atoms with Gasteiger partial charge in [0.2, 0.25) is 0 Å². The summed E-state index contributed by atoms with van der Waals surface area (Å²) in [6.07, 6.45) is 2.23. The molecule has 0 aliphatic heterocycles. The van der Waals surface area contributed by atoms with Crippen molar-refractivity contribution >= 4 is 22.9 Å². The zero-order valence-electron chi connectivity index (χ0n) is 17.2. The fraction of sp³-hybridized carbons (Fsp3) is 0.292.